The second kappa shape index (κ2) is 5.36. The fourth-order valence-electron chi connectivity index (χ4n) is 2.36. The fourth-order valence-corrected chi connectivity index (χ4v) is 2.36. The normalized spacial score (nSPS) is 25.6. The van der Waals surface area contributed by atoms with Gasteiger partial charge in [0.15, 0.2) is 0 Å². The summed E-state index contributed by atoms with van der Waals surface area (Å²) < 4.78 is 5.13. The fraction of sp³-hybridized carbons (Fsp3) is 0.615. The van der Waals surface area contributed by atoms with Gasteiger partial charge in [-0.25, -0.2) is 5.01 Å². The van der Waals surface area contributed by atoms with Gasteiger partial charge >= 0.3 is 0 Å². The first kappa shape index (κ1) is 12.2. The van der Waals surface area contributed by atoms with Crippen molar-refractivity contribution in [1.82, 2.24) is 9.99 Å². The Bertz CT molecular complexity index is 359. The molecule has 1 fully saturated rings. The zero-order valence-corrected chi connectivity index (χ0v) is 10.8. The van der Waals surface area contributed by atoms with E-state index in [9.17, 15) is 0 Å². The summed E-state index contributed by atoms with van der Waals surface area (Å²) in [5.41, 5.74) is 3.40. The van der Waals surface area contributed by atoms with Crippen molar-refractivity contribution >= 4 is 5.82 Å². The number of pyridine rings is 1. The molecule has 0 radical (unpaired) electrons. The summed E-state index contributed by atoms with van der Waals surface area (Å²) in [6, 6.07) is 6.87. The molecule has 1 N–H and O–H groups in total. The lowest BCUT2D eigenvalue weighted by Gasteiger charge is -2.39. The van der Waals surface area contributed by atoms with E-state index in [4.69, 9.17) is 4.74 Å². The number of ether oxygens (including phenoxy) is 1. The molecule has 2 atom stereocenters. The number of nitrogens with zero attached hydrogens (tertiary/aromatic N) is 2. The van der Waals surface area contributed by atoms with Crippen molar-refractivity contribution in [1.29, 1.82) is 0 Å². The molecule has 0 saturated carbocycles. The molecule has 0 aliphatic carbocycles. The van der Waals surface area contributed by atoms with Crippen molar-refractivity contribution in [2.75, 3.05) is 12.5 Å². The monoisotopic (exact) mass is 235 g/mol. The quantitative estimate of drug-likeness (QED) is 0.874. The number of methoxy groups -OCH3 is 1. The minimum atomic E-state index is 0.548. The zero-order chi connectivity index (χ0) is 12.3. The lowest BCUT2D eigenvalue weighted by atomic mass is 10.00. The van der Waals surface area contributed by atoms with E-state index in [-0.39, 0.29) is 0 Å². The van der Waals surface area contributed by atoms with Crippen LogP contribution in [-0.2, 0) is 0 Å². The van der Waals surface area contributed by atoms with Crippen LogP contribution >= 0.6 is 0 Å². The molecule has 4 heteroatoms. The van der Waals surface area contributed by atoms with Gasteiger partial charge in [0.05, 0.1) is 7.11 Å². The molecule has 2 heterocycles. The van der Waals surface area contributed by atoms with E-state index in [1.165, 1.54) is 19.3 Å². The highest BCUT2D eigenvalue weighted by Gasteiger charge is 2.24. The van der Waals surface area contributed by atoms with Crippen molar-refractivity contribution < 1.29 is 4.74 Å². The first-order valence-corrected chi connectivity index (χ1v) is 6.26. The van der Waals surface area contributed by atoms with E-state index in [2.05, 4.69) is 29.3 Å². The summed E-state index contributed by atoms with van der Waals surface area (Å²) in [4.78, 5) is 4.38. The third-order valence-corrected chi connectivity index (χ3v) is 3.37. The Balaban J connectivity index is 2.07. The number of hydrazine groups is 1. The summed E-state index contributed by atoms with van der Waals surface area (Å²) in [5, 5.41) is 2.30. The average molecular weight is 235 g/mol. The summed E-state index contributed by atoms with van der Waals surface area (Å²) in [7, 11) is 1.64. The van der Waals surface area contributed by atoms with Crippen LogP contribution in [0.3, 0.4) is 0 Å². The Hall–Kier alpha value is -1.29. The molecule has 4 nitrogen and oxygen atoms in total. The van der Waals surface area contributed by atoms with E-state index in [1.54, 1.807) is 7.11 Å². The van der Waals surface area contributed by atoms with Gasteiger partial charge in [-0.3, -0.25) is 0 Å². The molecule has 0 aromatic carbocycles. The minimum Gasteiger partial charge on any atom is -0.481 e. The molecule has 94 valence electrons. The van der Waals surface area contributed by atoms with Gasteiger partial charge < -0.3 is 10.2 Å². The highest BCUT2D eigenvalue weighted by Crippen LogP contribution is 2.23. The van der Waals surface area contributed by atoms with Crippen LogP contribution in [0.5, 0.6) is 5.88 Å². The summed E-state index contributed by atoms with van der Waals surface area (Å²) >= 11 is 0. The van der Waals surface area contributed by atoms with E-state index in [0.717, 1.165) is 5.82 Å². The summed E-state index contributed by atoms with van der Waals surface area (Å²) in [5.74, 6) is 1.50. The highest BCUT2D eigenvalue weighted by atomic mass is 16.5. The number of hydrogen-bond donors (Lipinski definition) is 1. The topological polar surface area (TPSA) is 37.4 Å². The molecule has 17 heavy (non-hydrogen) atoms. The van der Waals surface area contributed by atoms with Crippen molar-refractivity contribution in [2.45, 2.75) is 45.2 Å². The Morgan fingerprint density at radius 1 is 1.29 bits per heavy atom. The first-order chi connectivity index (χ1) is 8.20. The van der Waals surface area contributed by atoms with Crippen molar-refractivity contribution in [2.24, 2.45) is 0 Å². The molecule has 2 rings (SSSR count). The number of rotatable bonds is 3. The van der Waals surface area contributed by atoms with E-state index < -0.39 is 0 Å². The molecule has 2 unspecified atom stereocenters. The number of piperidine rings is 1. The lowest BCUT2D eigenvalue weighted by Crippen LogP contribution is -2.47. The maximum absolute atomic E-state index is 5.13. The Labute approximate surface area is 103 Å². The van der Waals surface area contributed by atoms with Gasteiger partial charge in [0.1, 0.15) is 5.82 Å². The second-order valence-corrected chi connectivity index (χ2v) is 4.71. The first-order valence-electron chi connectivity index (χ1n) is 6.26. The van der Waals surface area contributed by atoms with E-state index in [0.29, 0.717) is 18.0 Å². The SMILES string of the molecule is COc1cccc(NN2C(C)CCCC2C)n1. The maximum Gasteiger partial charge on any atom is 0.214 e. The van der Waals surface area contributed by atoms with Crippen LogP contribution < -0.4 is 10.2 Å². The summed E-state index contributed by atoms with van der Waals surface area (Å²) in [6.45, 7) is 4.51. The van der Waals surface area contributed by atoms with Gasteiger partial charge in [0, 0.05) is 18.2 Å². The molecule has 1 aliphatic rings. The molecular formula is C13H21N3O. The van der Waals surface area contributed by atoms with Crippen LogP contribution in [0.4, 0.5) is 5.82 Å². The third-order valence-electron chi connectivity index (χ3n) is 3.37. The number of hydrogen-bond acceptors (Lipinski definition) is 4. The molecule has 1 saturated heterocycles. The van der Waals surface area contributed by atoms with Gasteiger partial charge in [0.2, 0.25) is 5.88 Å². The molecule has 1 aromatic heterocycles. The van der Waals surface area contributed by atoms with Crippen LogP contribution in [-0.4, -0.2) is 29.2 Å². The van der Waals surface area contributed by atoms with Crippen molar-refractivity contribution in [3.63, 3.8) is 0 Å². The number of aromatic nitrogens is 1. The standard InChI is InChI=1S/C13H21N3O/c1-10-6-4-7-11(2)16(10)15-12-8-5-9-13(14-12)17-3/h5,8-11H,4,6-7H2,1-3H3,(H,14,15). The Morgan fingerprint density at radius 2 is 2.00 bits per heavy atom. The third kappa shape index (κ3) is 2.88. The average Bonchev–Trinajstić information content (AvgIpc) is 2.34. The van der Waals surface area contributed by atoms with Crippen LogP contribution in [0.15, 0.2) is 18.2 Å². The lowest BCUT2D eigenvalue weighted by molar-refractivity contribution is 0.135. The Morgan fingerprint density at radius 3 is 2.65 bits per heavy atom. The zero-order valence-electron chi connectivity index (χ0n) is 10.8. The summed E-state index contributed by atoms with van der Waals surface area (Å²) in [6.07, 6.45) is 3.79. The van der Waals surface area contributed by atoms with E-state index >= 15 is 0 Å². The Kier molecular flexibility index (Phi) is 3.84. The predicted octanol–water partition coefficient (Wildman–Crippen LogP) is 2.68. The van der Waals surface area contributed by atoms with Crippen molar-refractivity contribution in [3.8, 4) is 5.88 Å². The predicted molar refractivity (Wildman–Crippen MR) is 69.0 cm³/mol. The van der Waals surface area contributed by atoms with Gasteiger partial charge in [-0.15, -0.1) is 0 Å². The number of nitrogens with one attached hydrogen (secondary N) is 1. The molecule has 1 aliphatic heterocycles. The second-order valence-electron chi connectivity index (χ2n) is 4.71. The molecular weight excluding hydrogens is 214 g/mol. The maximum atomic E-state index is 5.13. The van der Waals surface area contributed by atoms with Crippen LogP contribution in [0.2, 0.25) is 0 Å². The van der Waals surface area contributed by atoms with Gasteiger partial charge in [-0.05, 0) is 32.8 Å². The minimum absolute atomic E-state index is 0.548. The van der Waals surface area contributed by atoms with Crippen LogP contribution in [0, 0.1) is 0 Å². The smallest absolute Gasteiger partial charge is 0.214 e. The van der Waals surface area contributed by atoms with Gasteiger partial charge in [0.25, 0.3) is 0 Å². The number of anilines is 1. The van der Waals surface area contributed by atoms with Crippen LogP contribution in [0.25, 0.3) is 0 Å². The van der Waals surface area contributed by atoms with Crippen molar-refractivity contribution in [3.05, 3.63) is 18.2 Å². The van der Waals surface area contributed by atoms with Crippen LogP contribution in [0.1, 0.15) is 33.1 Å². The van der Waals surface area contributed by atoms with Gasteiger partial charge in [-0.1, -0.05) is 12.5 Å². The molecule has 0 amide bonds. The molecule has 0 bridgehead atoms. The van der Waals surface area contributed by atoms with E-state index in [1.807, 2.05) is 18.2 Å². The molecule has 1 aromatic rings. The molecule has 0 spiro atoms. The van der Waals surface area contributed by atoms with Gasteiger partial charge in [-0.2, -0.15) is 4.98 Å². The highest BCUT2D eigenvalue weighted by molar-refractivity contribution is 5.36. The largest absolute Gasteiger partial charge is 0.481 e.